The van der Waals surface area contributed by atoms with E-state index in [9.17, 15) is 0 Å². The topological polar surface area (TPSA) is 30.5 Å². The second-order valence-electron chi connectivity index (χ2n) is 7.48. The van der Waals surface area contributed by atoms with Gasteiger partial charge in [0.1, 0.15) is 0 Å². The molecule has 1 N–H and O–H groups in total. The van der Waals surface area contributed by atoms with Gasteiger partial charge in [-0.15, -0.1) is 0 Å². The summed E-state index contributed by atoms with van der Waals surface area (Å²) < 4.78 is 11.7. The van der Waals surface area contributed by atoms with E-state index in [-0.39, 0.29) is 5.79 Å². The molecule has 130 valence electrons. The van der Waals surface area contributed by atoms with Gasteiger partial charge in [0.15, 0.2) is 5.79 Å². The lowest BCUT2D eigenvalue weighted by Crippen LogP contribution is -2.43. The maximum absolute atomic E-state index is 5.83. The third-order valence-corrected chi connectivity index (χ3v) is 5.84. The van der Waals surface area contributed by atoms with Crippen molar-refractivity contribution in [3.63, 3.8) is 0 Å². The molecule has 2 atom stereocenters. The molecule has 3 nitrogen and oxygen atoms in total. The minimum absolute atomic E-state index is 0.233. The molecule has 1 aliphatic heterocycles. The fraction of sp³-hybridized carbons (Fsp3) is 0.619. The van der Waals surface area contributed by atoms with Crippen LogP contribution in [0.3, 0.4) is 0 Å². The molecule has 1 spiro atoms. The molecule has 1 heterocycles. The van der Waals surface area contributed by atoms with E-state index in [0.29, 0.717) is 12.1 Å². The minimum atomic E-state index is -0.233. The van der Waals surface area contributed by atoms with Crippen molar-refractivity contribution in [2.45, 2.75) is 63.3 Å². The quantitative estimate of drug-likeness (QED) is 0.881. The summed E-state index contributed by atoms with van der Waals surface area (Å²) in [5.74, 6) is 0.494. The van der Waals surface area contributed by atoms with Gasteiger partial charge in [-0.25, -0.2) is 0 Å². The standard InChI is InChI=1S/C21H29NO2/c1-2-17(14-16-6-4-3-5-7-16)19-15-20(19)22-18-8-10-21(11-9-18)23-12-13-24-21/h3-7,14,18-20,22H,2,8-13,15H2,1H3/b17-14+. The van der Waals surface area contributed by atoms with Crippen molar-refractivity contribution in [2.24, 2.45) is 5.92 Å². The molecule has 0 bridgehead atoms. The van der Waals surface area contributed by atoms with Crippen LogP contribution in [0.4, 0.5) is 0 Å². The molecule has 1 saturated heterocycles. The van der Waals surface area contributed by atoms with Gasteiger partial charge >= 0.3 is 0 Å². The Hall–Kier alpha value is -1.16. The molecule has 4 rings (SSSR count). The Bertz CT molecular complexity index is 567. The lowest BCUT2D eigenvalue weighted by Gasteiger charge is -2.35. The number of rotatable bonds is 5. The van der Waals surface area contributed by atoms with E-state index < -0.39 is 0 Å². The van der Waals surface area contributed by atoms with Gasteiger partial charge < -0.3 is 14.8 Å². The fourth-order valence-electron chi connectivity index (χ4n) is 4.34. The predicted octanol–water partition coefficient (Wildman–Crippen LogP) is 4.14. The van der Waals surface area contributed by atoms with Crippen molar-refractivity contribution in [1.29, 1.82) is 0 Å². The molecule has 3 aliphatic rings. The van der Waals surface area contributed by atoms with Gasteiger partial charge in [0.05, 0.1) is 13.2 Å². The molecular weight excluding hydrogens is 298 g/mol. The van der Waals surface area contributed by atoms with Gasteiger partial charge in [-0.05, 0) is 37.2 Å². The van der Waals surface area contributed by atoms with Crippen LogP contribution < -0.4 is 5.32 Å². The number of hydrogen-bond donors (Lipinski definition) is 1. The van der Waals surface area contributed by atoms with Crippen LogP contribution in [-0.2, 0) is 9.47 Å². The van der Waals surface area contributed by atoms with E-state index in [1.165, 1.54) is 24.8 Å². The first-order valence-corrected chi connectivity index (χ1v) is 9.57. The minimum Gasteiger partial charge on any atom is -0.348 e. The summed E-state index contributed by atoms with van der Waals surface area (Å²) in [6.45, 7) is 3.82. The number of hydrogen-bond acceptors (Lipinski definition) is 3. The SMILES string of the molecule is CC/C(=C\c1ccccc1)C1CC1NC1CCC2(CC1)OCCO2. The van der Waals surface area contributed by atoms with Gasteiger partial charge in [-0.1, -0.05) is 48.9 Å². The van der Waals surface area contributed by atoms with Crippen molar-refractivity contribution in [2.75, 3.05) is 13.2 Å². The van der Waals surface area contributed by atoms with Gasteiger partial charge in [0, 0.05) is 24.9 Å². The van der Waals surface area contributed by atoms with E-state index >= 15 is 0 Å². The zero-order valence-electron chi connectivity index (χ0n) is 14.7. The van der Waals surface area contributed by atoms with Crippen LogP contribution in [0.15, 0.2) is 35.9 Å². The highest BCUT2D eigenvalue weighted by Gasteiger charge is 2.44. The fourth-order valence-corrected chi connectivity index (χ4v) is 4.34. The van der Waals surface area contributed by atoms with Gasteiger partial charge in [0.2, 0.25) is 0 Å². The second-order valence-corrected chi connectivity index (χ2v) is 7.48. The highest BCUT2D eigenvalue weighted by molar-refractivity contribution is 5.54. The van der Waals surface area contributed by atoms with Crippen LogP contribution >= 0.6 is 0 Å². The normalized spacial score (nSPS) is 30.0. The van der Waals surface area contributed by atoms with Crippen molar-refractivity contribution >= 4 is 6.08 Å². The Kier molecular flexibility index (Phi) is 4.75. The maximum Gasteiger partial charge on any atom is 0.168 e. The van der Waals surface area contributed by atoms with Crippen LogP contribution in [0.25, 0.3) is 6.08 Å². The molecule has 3 fully saturated rings. The largest absolute Gasteiger partial charge is 0.348 e. The predicted molar refractivity (Wildman–Crippen MR) is 96.6 cm³/mol. The number of ether oxygens (including phenoxy) is 2. The molecular formula is C21H29NO2. The Morgan fingerprint density at radius 2 is 1.88 bits per heavy atom. The highest BCUT2D eigenvalue weighted by atomic mass is 16.7. The smallest absolute Gasteiger partial charge is 0.168 e. The molecule has 1 aromatic rings. The van der Waals surface area contributed by atoms with Crippen LogP contribution in [0.1, 0.15) is 51.0 Å². The number of nitrogens with one attached hydrogen (secondary N) is 1. The maximum atomic E-state index is 5.83. The molecule has 24 heavy (non-hydrogen) atoms. The Morgan fingerprint density at radius 1 is 1.17 bits per heavy atom. The average molecular weight is 327 g/mol. The van der Waals surface area contributed by atoms with Crippen LogP contribution in [0.2, 0.25) is 0 Å². The highest BCUT2D eigenvalue weighted by Crippen LogP contribution is 2.42. The van der Waals surface area contributed by atoms with Crippen LogP contribution in [-0.4, -0.2) is 31.1 Å². The van der Waals surface area contributed by atoms with Crippen LogP contribution in [0.5, 0.6) is 0 Å². The van der Waals surface area contributed by atoms with Gasteiger partial charge in [-0.3, -0.25) is 0 Å². The van der Waals surface area contributed by atoms with Crippen molar-refractivity contribution in [3.8, 4) is 0 Å². The molecule has 1 aromatic carbocycles. The Balaban J connectivity index is 1.29. The zero-order valence-corrected chi connectivity index (χ0v) is 14.7. The summed E-state index contributed by atoms with van der Waals surface area (Å²) in [7, 11) is 0. The zero-order chi connectivity index (χ0) is 16.4. The summed E-state index contributed by atoms with van der Waals surface area (Å²) in [4.78, 5) is 0. The molecule has 0 amide bonds. The number of benzene rings is 1. The first kappa shape index (κ1) is 16.3. The third kappa shape index (κ3) is 3.58. The lowest BCUT2D eigenvalue weighted by atomic mass is 9.90. The third-order valence-electron chi connectivity index (χ3n) is 5.84. The molecule has 0 radical (unpaired) electrons. The lowest BCUT2D eigenvalue weighted by molar-refractivity contribution is -0.179. The molecule has 2 aliphatic carbocycles. The van der Waals surface area contributed by atoms with Crippen molar-refractivity contribution in [1.82, 2.24) is 5.32 Å². The van der Waals surface area contributed by atoms with Gasteiger partial charge in [0.25, 0.3) is 0 Å². The van der Waals surface area contributed by atoms with E-state index in [1.54, 1.807) is 5.57 Å². The first-order chi connectivity index (χ1) is 11.8. The summed E-state index contributed by atoms with van der Waals surface area (Å²) in [6, 6.07) is 12.0. The van der Waals surface area contributed by atoms with Crippen molar-refractivity contribution in [3.05, 3.63) is 41.5 Å². The second kappa shape index (κ2) is 6.99. The van der Waals surface area contributed by atoms with Crippen molar-refractivity contribution < 1.29 is 9.47 Å². The van der Waals surface area contributed by atoms with Crippen LogP contribution in [0, 0.1) is 5.92 Å². The molecule has 3 heteroatoms. The molecule has 2 unspecified atom stereocenters. The van der Waals surface area contributed by atoms with E-state index in [4.69, 9.17) is 9.47 Å². The summed E-state index contributed by atoms with van der Waals surface area (Å²) in [5, 5.41) is 3.90. The van der Waals surface area contributed by atoms with E-state index in [0.717, 1.165) is 38.4 Å². The van der Waals surface area contributed by atoms with E-state index in [2.05, 4.69) is 48.6 Å². The monoisotopic (exact) mass is 327 g/mol. The summed E-state index contributed by atoms with van der Waals surface area (Å²) >= 11 is 0. The Labute approximate surface area is 145 Å². The summed E-state index contributed by atoms with van der Waals surface area (Å²) in [6.07, 6.45) is 9.27. The molecule has 2 saturated carbocycles. The summed E-state index contributed by atoms with van der Waals surface area (Å²) in [5.41, 5.74) is 2.92. The first-order valence-electron chi connectivity index (χ1n) is 9.57. The van der Waals surface area contributed by atoms with E-state index in [1.807, 2.05) is 0 Å². The average Bonchev–Trinajstić information content (AvgIpc) is 3.24. The molecule has 0 aromatic heterocycles. The Morgan fingerprint density at radius 3 is 2.54 bits per heavy atom. The van der Waals surface area contributed by atoms with Gasteiger partial charge in [-0.2, -0.15) is 0 Å².